The van der Waals surface area contributed by atoms with Gasteiger partial charge in [-0.05, 0) is 48.2 Å². The third kappa shape index (κ3) is 4.34. The molecular formula is C26H32N2O5S. The second kappa shape index (κ2) is 8.98. The fourth-order valence-electron chi connectivity index (χ4n) is 5.20. The van der Waals surface area contributed by atoms with Gasteiger partial charge in [-0.25, -0.2) is 12.7 Å². The molecule has 1 saturated carbocycles. The molecule has 1 aliphatic carbocycles. The average Bonchev–Trinajstić information content (AvgIpc) is 3.40. The number of benzene rings is 2. The van der Waals surface area contributed by atoms with Crippen LogP contribution in [0.2, 0.25) is 0 Å². The van der Waals surface area contributed by atoms with Crippen LogP contribution in [0.25, 0.3) is 11.1 Å². The minimum atomic E-state index is -3.23. The number of piperidine rings is 1. The number of fused-ring (bicyclic) bond motifs is 1. The van der Waals surface area contributed by atoms with E-state index in [1.54, 1.807) is 23.3 Å². The Morgan fingerprint density at radius 2 is 1.65 bits per heavy atom. The van der Waals surface area contributed by atoms with Crippen molar-refractivity contribution in [3.05, 3.63) is 53.6 Å². The van der Waals surface area contributed by atoms with Crippen molar-refractivity contribution in [3.8, 4) is 16.9 Å². The molecule has 8 heteroatoms. The van der Waals surface area contributed by atoms with Crippen molar-refractivity contribution in [2.45, 2.75) is 56.2 Å². The van der Waals surface area contributed by atoms with Crippen LogP contribution in [0, 0.1) is 0 Å². The normalized spacial score (nSPS) is 20.6. The van der Waals surface area contributed by atoms with E-state index in [0.717, 1.165) is 48.1 Å². The zero-order valence-corrected chi connectivity index (χ0v) is 20.6. The number of rotatable bonds is 4. The standard InChI is InChI=1S/C26H32N2O5S/c1-27(2)25(29)20-9-7-19(8-10-20)21-11-12-24-22(17-21)18-32-26(33-24)13-15-28(16-14-26)34(30,31)23-5-3-4-6-23/h7-12,17,23H,3-6,13-16,18H2,1-2H3. The molecule has 1 amide bonds. The molecule has 7 nitrogen and oxygen atoms in total. The van der Waals surface area contributed by atoms with Gasteiger partial charge in [-0.15, -0.1) is 0 Å². The van der Waals surface area contributed by atoms with Crippen molar-refractivity contribution >= 4 is 15.9 Å². The lowest BCUT2D eigenvalue weighted by Gasteiger charge is -2.44. The maximum Gasteiger partial charge on any atom is 0.253 e. The molecule has 34 heavy (non-hydrogen) atoms. The summed E-state index contributed by atoms with van der Waals surface area (Å²) in [4.78, 5) is 13.7. The number of amides is 1. The molecular weight excluding hydrogens is 452 g/mol. The maximum absolute atomic E-state index is 12.9. The van der Waals surface area contributed by atoms with Crippen LogP contribution in [0.3, 0.4) is 0 Å². The molecule has 2 aromatic carbocycles. The summed E-state index contributed by atoms with van der Waals surface area (Å²) in [5, 5.41) is -0.219. The van der Waals surface area contributed by atoms with Crippen molar-refractivity contribution in [2.24, 2.45) is 0 Å². The lowest BCUT2D eigenvalue weighted by atomic mass is 9.99. The fraction of sp³-hybridized carbons (Fsp3) is 0.500. The van der Waals surface area contributed by atoms with Gasteiger partial charge in [0.05, 0.1) is 11.9 Å². The SMILES string of the molecule is CN(C)C(=O)c1ccc(-c2ccc3c(c2)COC2(CCN(S(=O)(=O)C4CCCC4)CC2)O3)cc1. The predicted molar refractivity (Wildman–Crippen MR) is 130 cm³/mol. The van der Waals surface area contributed by atoms with Crippen LogP contribution < -0.4 is 4.74 Å². The highest BCUT2D eigenvalue weighted by Gasteiger charge is 2.45. The van der Waals surface area contributed by atoms with Crippen molar-refractivity contribution in [3.63, 3.8) is 0 Å². The van der Waals surface area contributed by atoms with Gasteiger partial charge >= 0.3 is 0 Å². The Labute approximate surface area is 201 Å². The Balaban J connectivity index is 1.26. The van der Waals surface area contributed by atoms with Gasteiger partial charge in [0, 0.05) is 51.2 Å². The first-order valence-corrected chi connectivity index (χ1v) is 13.5. The summed E-state index contributed by atoms with van der Waals surface area (Å²) in [5.74, 6) is 0.0115. The first-order valence-electron chi connectivity index (χ1n) is 12.0. The lowest BCUT2D eigenvalue weighted by molar-refractivity contribution is -0.223. The van der Waals surface area contributed by atoms with Crippen molar-refractivity contribution in [2.75, 3.05) is 27.2 Å². The zero-order valence-electron chi connectivity index (χ0n) is 19.8. The summed E-state index contributed by atoms with van der Waals surface area (Å²) >= 11 is 0. The highest BCUT2D eigenvalue weighted by Crippen LogP contribution is 2.40. The van der Waals surface area contributed by atoms with Crippen molar-refractivity contribution in [1.29, 1.82) is 0 Å². The minimum Gasteiger partial charge on any atom is -0.462 e. The number of carbonyl (C=O) groups is 1. The van der Waals surface area contributed by atoms with Crippen LogP contribution in [-0.4, -0.2) is 61.8 Å². The summed E-state index contributed by atoms with van der Waals surface area (Å²) in [7, 11) is 0.253. The molecule has 1 spiro atoms. The largest absolute Gasteiger partial charge is 0.462 e. The summed E-state index contributed by atoms with van der Waals surface area (Å²) in [6.07, 6.45) is 4.63. The predicted octanol–water partition coefficient (Wildman–Crippen LogP) is 4.03. The summed E-state index contributed by atoms with van der Waals surface area (Å²) in [5.41, 5.74) is 3.67. The van der Waals surface area contributed by atoms with Gasteiger partial charge < -0.3 is 14.4 Å². The number of ether oxygens (including phenoxy) is 2. The van der Waals surface area contributed by atoms with Crippen LogP contribution in [0.4, 0.5) is 0 Å². The van der Waals surface area contributed by atoms with E-state index < -0.39 is 15.8 Å². The van der Waals surface area contributed by atoms with E-state index in [4.69, 9.17) is 9.47 Å². The molecule has 0 atom stereocenters. The number of hydrogen-bond acceptors (Lipinski definition) is 5. The van der Waals surface area contributed by atoms with Gasteiger partial charge in [0.15, 0.2) is 0 Å². The Morgan fingerprint density at radius 3 is 2.29 bits per heavy atom. The van der Waals surface area contributed by atoms with E-state index in [2.05, 4.69) is 6.07 Å². The van der Waals surface area contributed by atoms with Crippen LogP contribution in [0.15, 0.2) is 42.5 Å². The van der Waals surface area contributed by atoms with Crippen molar-refractivity contribution in [1.82, 2.24) is 9.21 Å². The topological polar surface area (TPSA) is 76.2 Å². The number of sulfonamides is 1. The molecule has 0 bridgehead atoms. The van der Waals surface area contributed by atoms with Crippen LogP contribution in [0.5, 0.6) is 5.75 Å². The zero-order chi connectivity index (χ0) is 23.9. The molecule has 2 heterocycles. The molecule has 3 aliphatic rings. The summed E-state index contributed by atoms with van der Waals surface area (Å²) in [6.45, 7) is 1.30. The van der Waals surface area contributed by atoms with Crippen LogP contribution in [-0.2, 0) is 21.4 Å². The number of nitrogens with zero attached hydrogens (tertiary/aromatic N) is 2. The number of hydrogen-bond donors (Lipinski definition) is 0. The molecule has 2 aliphatic heterocycles. The lowest BCUT2D eigenvalue weighted by Crippen LogP contribution is -2.53. The molecule has 0 radical (unpaired) electrons. The Kier molecular flexibility index (Phi) is 6.16. The summed E-state index contributed by atoms with van der Waals surface area (Å²) < 4.78 is 40.0. The van der Waals surface area contributed by atoms with Gasteiger partial charge in [-0.2, -0.15) is 0 Å². The van der Waals surface area contributed by atoms with E-state index in [-0.39, 0.29) is 11.2 Å². The summed E-state index contributed by atoms with van der Waals surface area (Å²) in [6, 6.07) is 13.6. The molecule has 0 N–H and O–H groups in total. The number of carbonyl (C=O) groups excluding carboxylic acids is 1. The maximum atomic E-state index is 12.9. The van der Waals surface area contributed by atoms with E-state index in [9.17, 15) is 13.2 Å². The monoisotopic (exact) mass is 484 g/mol. The molecule has 182 valence electrons. The quantitative estimate of drug-likeness (QED) is 0.655. The van der Waals surface area contributed by atoms with Crippen LogP contribution in [0.1, 0.15) is 54.4 Å². The molecule has 2 aromatic rings. The Hall–Kier alpha value is -2.42. The second-order valence-electron chi connectivity index (χ2n) is 9.75. The molecule has 1 saturated heterocycles. The molecule has 2 fully saturated rings. The molecule has 5 rings (SSSR count). The van der Waals surface area contributed by atoms with Gasteiger partial charge in [0.2, 0.25) is 15.8 Å². The highest BCUT2D eigenvalue weighted by molar-refractivity contribution is 7.89. The first kappa shape index (κ1) is 23.3. The first-order chi connectivity index (χ1) is 16.3. The van der Waals surface area contributed by atoms with E-state index in [1.165, 1.54) is 0 Å². The third-order valence-corrected chi connectivity index (χ3v) is 9.68. The van der Waals surface area contributed by atoms with Gasteiger partial charge in [0.25, 0.3) is 5.91 Å². The van der Waals surface area contributed by atoms with E-state index >= 15 is 0 Å². The van der Waals surface area contributed by atoms with Gasteiger partial charge in [0.1, 0.15) is 5.75 Å². The van der Waals surface area contributed by atoms with Gasteiger partial charge in [-0.1, -0.05) is 31.0 Å². The third-order valence-electron chi connectivity index (χ3n) is 7.29. The smallest absolute Gasteiger partial charge is 0.253 e. The van der Waals surface area contributed by atoms with Crippen molar-refractivity contribution < 1.29 is 22.7 Å². The Morgan fingerprint density at radius 1 is 1.00 bits per heavy atom. The van der Waals surface area contributed by atoms with E-state index in [0.29, 0.717) is 38.1 Å². The highest BCUT2D eigenvalue weighted by atomic mass is 32.2. The Bertz CT molecular complexity index is 1160. The van der Waals surface area contributed by atoms with Crippen LogP contribution >= 0.6 is 0 Å². The molecule has 0 aromatic heterocycles. The fourth-order valence-corrected chi connectivity index (χ4v) is 7.24. The molecule has 0 unspecified atom stereocenters. The second-order valence-corrected chi connectivity index (χ2v) is 12.0. The van der Waals surface area contributed by atoms with Gasteiger partial charge in [-0.3, -0.25) is 4.79 Å². The van der Waals surface area contributed by atoms with E-state index in [1.807, 2.05) is 36.4 Å². The minimum absolute atomic E-state index is 0.0221. The average molecular weight is 485 g/mol.